The highest BCUT2D eigenvalue weighted by Crippen LogP contribution is 2.07. The van der Waals surface area contributed by atoms with E-state index in [1.807, 2.05) is 6.07 Å². The fourth-order valence-electron chi connectivity index (χ4n) is 1.04. The van der Waals surface area contributed by atoms with Crippen LogP contribution in [-0.2, 0) is 9.53 Å². The van der Waals surface area contributed by atoms with E-state index in [9.17, 15) is 4.79 Å². The number of pyridine rings is 1. The highest BCUT2D eigenvalue weighted by Gasteiger charge is 2.12. The zero-order valence-electron chi connectivity index (χ0n) is 8.52. The molecule has 5 nitrogen and oxygen atoms in total. The first-order chi connectivity index (χ1) is 7.17. The molecule has 0 bridgehead atoms. The number of ether oxygens (including phenoxy) is 1. The fourth-order valence-corrected chi connectivity index (χ4v) is 1.04. The molecule has 1 aromatic heterocycles. The fraction of sp³-hybridized carbons (Fsp3) is 0.300. The molecule has 78 valence electrons. The first-order valence-electron chi connectivity index (χ1n) is 4.38. The molecule has 0 spiro atoms. The van der Waals surface area contributed by atoms with Crippen molar-refractivity contribution in [1.82, 2.24) is 4.98 Å². The normalized spacial score (nSPS) is 11.3. The molecule has 0 radical (unpaired) electrons. The smallest absolute Gasteiger partial charge is 0.328 e. The predicted molar refractivity (Wildman–Crippen MR) is 54.1 cm³/mol. The Bertz CT molecular complexity index is 398. The average Bonchev–Trinajstić information content (AvgIpc) is 2.28. The first kappa shape index (κ1) is 11.0. The predicted octanol–water partition coefficient (Wildman–Crippen LogP) is 0.927. The molecule has 0 saturated carbocycles. The van der Waals surface area contributed by atoms with E-state index in [-0.39, 0.29) is 5.97 Å². The Morgan fingerprint density at radius 2 is 2.47 bits per heavy atom. The van der Waals surface area contributed by atoms with E-state index in [4.69, 9.17) is 5.26 Å². The van der Waals surface area contributed by atoms with Gasteiger partial charge < -0.3 is 10.1 Å². The third-order valence-corrected chi connectivity index (χ3v) is 1.81. The summed E-state index contributed by atoms with van der Waals surface area (Å²) < 4.78 is 4.55. The summed E-state index contributed by atoms with van der Waals surface area (Å²) in [7, 11) is 1.32. The van der Waals surface area contributed by atoms with Crippen LogP contribution < -0.4 is 5.32 Å². The second-order valence-corrected chi connectivity index (χ2v) is 2.93. The second kappa shape index (κ2) is 4.96. The molecule has 1 unspecified atom stereocenters. The van der Waals surface area contributed by atoms with Crippen LogP contribution in [0, 0.1) is 11.3 Å². The molecule has 1 aromatic rings. The molecule has 0 aliphatic heterocycles. The highest BCUT2D eigenvalue weighted by atomic mass is 16.5. The lowest BCUT2D eigenvalue weighted by atomic mass is 10.2. The quantitative estimate of drug-likeness (QED) is 0.743. The summed E-state index contributed by atoms with van der Waals surface area (Å²) in [5.41, 5.74) is 0.490. The Morgan fingerprint density at radius 1 is 1.73 bits per heavy atom. The van der Waals surface area contributed by atoms with E-state index in [0.29, 0.717) is 11.4 Å². The number of nitrogens with zero attached hydrogens (tertiary/aromatic N) is 2. The van der Waals surface area contributed by atoms with Gasteiger partial charge in [-0.25, -0.2) is 9.78 Å². The molecule has 1 heterocycles. The van der Waals surface area contributed by atoms with E-state index < -0.39 is 6.04 Å². The van der Waals surface area contributed by atoms with Crippen molar-refractivity contribution in [2.75, 3.05) is 12.4 Å². The van der Waals surface area contributed by atoms with Gasteiger partial charge in [0.15, 0.2) is 0 Å². The largest absolute Gasteiger partial charge is 0.467 e. The van der Waals surface area contributed by atoms with Crippen LogP contribution in [0.15, 0.2) is 18.3 Å². The van der Waals surface area contributed by atoms with E-state index in [2.05, 4.69) is 15.0 Å². The number of rotatable bonds is 3. The summed E-state index contributed by atoms with van der Waals surface area (Å²) in [6.45, 7) is 1.66. The Hall–Kier alpha value is -2.09. The lowest BCUT2D eigenvalue weighted by Crippen LogP contribution is -2.27. The molecule has 15 heavy (non-hydrogen) atoms. The molecule has 0 fully saturated rings. The summed E-state index contributed by atoms with van der Waals surface area (Å²) in [6, 6.07) is 4.66. The van der Waals surface area contributed by atoms with Gasteiger partial charge in [0, 0.05) is 6.20 Å². The van der Waals surface area contributed by atoms with Crippen LogP contribution in [0.4, 0.5) is 5.82 Å². The molecule has 0 amide bonds. The minimum atomic E-state index is -0.489. The van der Waals surface area contributed by atoms with E-state index in [1.165, 1.54) is 13.3 Å². The van der Waals surface area contributed by atoms with Gasteiger partial charge in [-0.3, -0.25) is 0 Å². The lowest BCUT2D eigenvalue weighted by Gasteiger charge is -2.11. The molecule has 1 rings (SSSR count). The summed E-state index contributed by atoms with van der Waals surface area (Å²) >= 11 is 0. The third kappa shape index (κ3) is 2.95. The summed E-state index contributed by atoms with van der Waals surface area (Å²) in [5.74, 6) is 0.103. The van der Waals surface area contributed by atoms with Gasteiger partial charge >= 0.3 is 5.97 Å². The Kier molecular flexibility index (Phi) is 3.63. The van der Waals surface area contributed by atoms with Gasteiger partial charge in [-0.05, 0) is 19.1 Å². The van der Waals surface area contributed by atoms with E-state index in [1.54, 1.807) is 19.1 Å². The monoisotopic (exact) mass is 205 g/mol. The van der Waals surface area contributed by atoms with Crippen LogP contribution in [0.25, 0.3) is 0 Å². The second-order valence-electron chi connectivity index (χ2n) is 2.93. The topological polar surface area (TPSA) is 75.0 Å². The van der Waals surface area contributed by atoms with Crippen LogP contribution in [0.2, 0.25) is 0 Å². The van der Waals surface area contributed by atoms with Gasteiger partial charge in [-0.1, -0.05) is 0 Å². The van der Waals surface area contributed by atoms with E-state index >= 15 is 0 Å². The summed E-state index contributed by atoms with van der Waals surface area (Å²) in [5, 5.41) is 11.5. The van der Waals surface area contributed by atoms with Crippen molar-refractivity contribution in [3.63, 3.8) is 0 Å². The number of aromatic nitrogens is 1. The van der Waals surface area contributed by atoms with Crippen LogP contribution in [0.3, 0.4) is 0 Å². The Morgan fingerprint density at radius 3 is 3.07 bits per heavy atom. The van der Waals surface area contributed by atoms with Crippen LogP contribution in [0.5, 0.6) is 0 Å². The Labute approximate surface area is 87.7 Å². The maximum atomic E-state index is 11.1. The van der Waals surface area contributed by atoms with Crippen molar-refractivity contribution in [1.29, 1.82) is 5.26 Å². The maximum absolute atomic E-state index is 11.1. The number of nitrogens with one attached hydrogen (secondary N) is 1. The molecule has 0 saturated heterocycles. The molecular weight excluding hydrogens is 194 g/mol. The van der Waals surface area contributed by atoms with Gasteiger partial charge in [0.25, 0.3) is 0 Å². The number of hydrogen-bond donors (Lipinski definition) is 1. The minimum Gasteiger partial charge on any atom is -0.467 e. The standard InChI is InChI=1S/C10H11N3O2/c1-7(10(14)15-2)13-9-5-8(6-11)3-4-12-9/h3-5,7H,1-2H3,(H,12,13). The van der Waals surface area contributed by atoms with Crippen molar-refractivity contribution in [3.8, 4) is 6.07 Å². The van der Waals surface area contributed by atoms with Crippen LogP contribution in [-0.4, -0.2) is 24.1 Å². The molecule has 0 aliphatic carbocycles. The summed E-state index contributed by atoms with van der Waals surface area (Å²) in [6.07, 6.45) is 1.50. The van der Waals surface area contributed by atoms with Crippen LogP contribution in [0.1, 0.15) is 12.5 Å². The van der Waals surface area contributed by atoms with Gasteiger partial charge in [-0.15, -0.1) is 0 Å². The van der Waals surface area contributed by atoms with Crippen molar-refractivity contribution in [3.05, 3.63) is 23.9 Å². The first-order valence-corrected chi connectivity index (χ1v) is 4.38. The number of methoxy groups -OCH3 is 1. The number of carbonyl (C=O) groups excluding carboxylic acids is 1. The van der Waals surface area contributed by atoms with Crippen molar-refractivity contribution in [2.24, 2.45) is 0 Å². The minimum absolute atomic E-state index is 0.376. The van der Waals surface area contributed by atoms with Crippen LogP contribution >= 0.6 is 0 Å². The molecule has 0 aromatic carbocycles. The van der Waals surface area contributed by atoms with Crippen molar-refractivity contribution < 1.29 is 9.53 Å². The molecule has 1 N–H and O–H groups in total. The number of anilines is 1. The van der Waals surface area contributed by atoms with Gasteiger partial charge in [0.1, 0.15) is 11.9 Å². The lowest BCUT2D eigenvalue weighted by molar-refractivity contribution is -0.141. The Balaban J connectivity index is 2.73. The zero-order valence-corrected chi connectivity index (χ0v) is 8.52. The van der Waals surface area contributed by atoms with Gasteiger partial charge in [-0.2, -0.15) is 5.26 Å². The number of hydrogen-bond acceptors (Lipinski definition) is 5. The SMILES string of the molecule is COC(=O)C(C)Nc1cc(C#N)ccn1. The van der Waals surface area contributed by atoms with Crippen molar-refractivity contribution in [2.45, 2.75) is 13.0 Å². The molecule has 1 atom stereocenters. The highest BCUT2D eigenvalue weighted by molar-refractivity contribution is 5.78. The van der Waals surface area contributed by atoms with E-state index in [0.717, 1.165) is 0 Å². The number of esters is 1. The molecule has 5 heteroatoms. The number of nitriles is 1. The third-order valence-electron chi connectivity index (χ3n) is 1.81. The van der Waals surface area contributed by atoms with Gasteiger partial charge in [0.2, 0.25) is 0 Å². The average molecular weight is 205 g/mol. The van der Waals surface area contributed by atoms with Gasteiger partial charge in [0.05, 0.1) is 18.7 Å². The van der Waals surface area contributed by atoms with Crippen molar-refractivity contribution >= 4 is 11.8 Å². The molecular formula is C10H11N3O2. The maximum Gasteiger partial charge on any atom is 0.328 e. The summed E-state index contributed by atoms with van der Waals surface area (Å²) in [4.78, 5) is 15.1. The molecule has 0 aliphatic rings. The zero-order chi connectivity index (χ0) is 11.3. The number of carbonyl (C=O) groups is 1.